The van der Waals surface area contributed by atoms with Gasteiger partial charge in [0.05, 0.1) is 0 Å². The summed E-state index contributed by atoms with van der Waals surface area (Å²) in [5.74, 6) is 0. The van der Waals surface area contributed by atoms with Crippen LogP contribution in [0.2, 0.25) is 0 Å². The van der Waals surface area contributed by atoms with E-state index in [1.54, 1.807) is 0 Å². The lowest BCUT2D eigenvalue weighted by molar-refractivity contribution is -0.0197. The first-order chi connectivity index (χ1) is 21.8. The number of hydrogen-bond donors (Lipinski definition) is 1. The number of hydrogen-bond acceptors (Lipinski definition) is 2. The molecule has 0 bridgehead atoms. The molecule has 44 heavy (non-hydrogen) atoms. The smallest absolute Gasteiger partial charge is 0.0443 e. The molecule has 0 unspecified atom stereocenters. The fourth-order valence-electron chi connectivity index (χ4n) is 6.77. The molecule has 1 rings (SSSR count). The van der Waals surface area contributed by atoms with Crippen LogP contribution in [0.15, 0.2) is 48.6 Å². The summed E-state index contributed by atoms with van der Waals surface area (Å²) < 4.78 is 0. The molecule has 1 aliphatic heterocycles. The molecule has 1 N–H and O–H groups in total. The van der Waals surface area contributed by atoms with Gasteiger partial charge in [-0.2, -0.15) is 0 Å². The van der Waals surface area contributed by atoms with Gasteiger partial charge in [-0.1, -0.05) is 152 Å². The molecule has 0 aromatic heterocycles. The lowest BCUT2D eigenvalue weighted by Crippen LogP contribution is -2.56. The summed E-state index contributed by atoms with van der Waals surface area (Å²) in [4.78, 5) is 2.60. The number of unbranched alkanes of at least 4 members (excludes halogenated alkanes) is 18. The Hall–Kier alpha value is -1.12. The molecule has 1 fully saturated rings. The molecule has 0 radical (unpaired) electrons. The zero-order valence-electron chi connectivity index (χ0n) is 29.9. The van der Waals surface area contributed by atoms with Crippen molar-refractivity contribution < 1.29 is 5.11 Å². The van der Waals surface area contributed by atoms with Gasteiger partial charge in [0.15, 0.2) is 0 Å². The van der Waals surface area contributed by atoms with Crippen LogP contribution in [0.25, 0.3) is 0 Å². The normalized spacial score (nSPS) is 15.5. The van der Waals surface area contributed by atoms with Gasteiger partial charge >= 0.3 is 0 Å². The van der Waals surface area contributed by atoms with E-state index in [1.165, 1.54) is 167 Å². The maximum absolute atomic E-state index is 9.24. The lowest BCUT2D eigenvalue weighted by atomic mass is 9.71. The van der Waals surface area contributed by atoms with Gasteiger partial charge in [0.25, 0.3) is 0 Å². The number of aliphatic hydroxyl groups is 1. The number of nitrogens with zero attached hydrogens (tertiary/aromatic N) is 1. The van der Waals surface area contributed by atoms with Crippen molar-refractivity contribution in [3.05, 3.63) is 48.6 Å². The van der Waals surface area contributed by atoms with E-state index < -0.39 is 0 Å². The molecule has 2 nitrogen and oxygen atoms in total. The highest BCUT2D eigenvalue weighted by molar-refractivity contribution is 4.95. The molecule has 1 aliphatic rings. The number of aliphatic hydroxyl groups excluding tert-OH is 1. The Balaban J connectivity index is 2.05. The van der Waals surface area contributed by atoms with Gasteiger partial charge in [-0.3, -0.25) is 0 Å². The van der Waals surface area contributed by atoms with Gasteiger partial charge in [-0.25, -0.2) is 0 Å². The summed E-state index contributed by atoms with van der Waals surface area (Å²) in [6.45, 7) is 8.54. The van der Waals surface area contributed by atoms with E-state index >= 15 is 0 Å². The molecule has 0 aromatic carbocycles. The Morgan fingerprint density at radius 2 is 0.818 bits per heavy atom. The van der Waals surface area contributed by atoms with E-state index in [1.807, 2.05) is 0 Å². The molecular weight excluding hydrogens is 534 g/mol. The molecule has 0 saturated carbocycles. The first-order valence-electron chi connectivity index (χ1n) is 19.7. The van der Waals surface area contributed by atoms with Crippen molar-refractivity contribution in [2.45, 2.75) is 187 Å². The number of likely N-dealkylation sites (tertiary alicyclic amines) is 1. The number of rotatable bonds is 33. The Morgan fingerprint density at radius 3 is 1.20 bits per heavy atom. The Bertz CT molecular complexity index is 649. The van der Waals surface area contributed by atoms with Gasteiger partial charge in [0.2, 0.25) is 0 Å². The SMILES string of the molecule is CCCCCC=CCC=CCCCCCCCCC1(CCCCCCCCC=CCC=CCCCCC)CN(CCCO)C1. The molecule has 0 spiro atoms. The summed E-state index contributed by atoms with van der Waals surface area (Å²) in [7, 11) is 0. The monoisotopic (exact) mass is 612 g/mol. The van der Waals surface area contributed by atoms with E-state index in [-0.39, 0.29) is 0 Å². The van der Waals surface area contributed by atoms with Gasteiger partial charge < -0.3 is 10.0 Å². The summed E-state index contributed by atoms with van der Waals surface area (Å²) in [6.07, 6.45) is 54.8. The van der Waals surface area contributed by atoms with Crippen LogP contribution in [0.3, 0.4) is 0 Å². The minimum absolute atomic E-state index is 0.335. The third-order valence-corrected chi connectivity index (χ3v) is 9.57. The molecule has 0 amide bonds. The second-order valence-electron chi connectivity index (χ2n) is 14.0. The predicted molar refractivity (Wildman–Crippen MR) is 199 cm³/mol. The highest BCUT2D eigenvalue weighted by Gasteiger charge is 2.40. The van der Waals surface area contributed by atoms with Crippen LogP contribution in [-0.4, -0.2) is 36.2 Å². The van der Waals surface area contributed by atoms with E-state index in [9.17, 15) is 5.11 Å². The van der Waals surface area contributed by atoms with Crippen LogP contribution in [0.4, 0.5) is 0 Å². The fourth-order valence-corrected chi connectivity index (χ4v) is 6.77. The Morgan fingerprint density at radius 1 is 0.455 bits per heavy atom. The third kappa shape index (κ3) is 25.1. The standard InChI is InChI=1S/C42H77NO/c1-3-5-7-9-11-13-15-17-19-21-23-25-27-29-31-33-36-42(40-43(41-42)38-35-39-44)37-34-32-30-28-26-24-22-20-18-16-14-12-10-8-6-4-2/h11-14,17-20,44H,3-10,15-16,21-41H2,1-2H3. The van der Waals surface area contributed by atoms with Crippen LogP contribution >= 0.6 is 0 Å². The van der Waals surface area contributed by atoms with Gasteiger partial charge in [0, 0.05) is 26.2 Å². The van der Waals surface area contributed by atoms with E-state index in [0.717, 1.165) is 25.8 Å². The maximum Gasteiger partial charge on any atom is 0.0443 e. The average molecular weight is 612 g/mol. The third-order valence-electron chi connectivity index (χ3n) is 9.57. The zero-order chi connectivity index (χ0) is 31.7. The lowest BCUT2D eigenvalue weighted by Gasteiger charge is -2.51. The fraction of sp³-hybridized carbons (Fsp3) is 0.810. The molecular formula is C42H77NO. The first kappa shape index (κ1) is 40.9. The average Bonchev–Trinajstić information content (AvgIpc) is 3.01. The summed E-state index contributed by atoms with van der Waals surface area (Å²) >= 11 is 0. The Labute approximate surface area is 276 Å². The maximum atomic E-state index is 9.24. The minimum atomic E-state index is 0.335. The molecule has 0 aliphatic carbocycles. The first-order valence-corrected chi connectivity index (χ1v) is 19.7. The highest BCUT2D eigenvalue weighted by atomic mass is 16.3. The van der Waals surface area contributed by atoms with Crippen LogP contribution in [0.5, 0.6) is 0 Å². The topological polar surface area (TPSA) is 23.5 Å². The van der Waals surface area contributed by atoms with Crippen molar-refractivity contribution in [1.29, 1.82) is 0 Å². The van der Waals surface area contributed by atoms with Crippen molar-refractivity contribution in [2.24, 2.45) is 5.41 Å². The molecule has 256 valence electrons. The van der Waals surface area contributed by atoms with Gasteiger partial charge in [-0.05, 0) is 88.9 Å². The molecule has 0 aromatic rings. The van der Waals surface area contributed by atoms with E-state index in [2.05, 4.69) is 67.4 Å². The van der Waals surface area contributed by atoms with Gasteiger partial charge in [-0.15, -0.1) is 0 Å². The van der Waals surface area contributed by atoms with Crippen LogP contribution in [-0.2, 0) is 0 Å². The quantitative estimate of drug-likeness (QED) is 0.0589. The van der Waals surface area contributed by atoms with E-state index in [4.69, 9.17) is 0 Å². The summed E-state index contributed by atoms with van der Waals surface area (Å²) in [6, 6.07) is 0. The minimum Gasteiger partial charge on any atom is -0.396 e. The largest absolute Gasteiger partial charge is 0.396 e. The van der Waals surface area contributed by atoms with E-state index in [0.29, 0.717) is 12.0 Å². The molecule has 1 saturated heterocycles. The second-order valence-corrected chi connectivity index (χ2v) is 14.0. The Kier molecular flexibility index (Phi) is 29.6. The highest BCUT2D eigenvalue weighted by Crippen LogP contribution is 2.40. The van der Waals surface area contributed by atoms with Crippen molar-refractivity contribution in [2.75, 3.05) is 26.2 Å². The van der Waals surface area contributed by atoms with Crippen molar-refractivity contribution in [3.8, 4) is 0 Å². The van der Waals surface area contributed by atoms with Crippen molar-refractivity contribution >= 4 is 0 Å². The predicted octanol–water partition coefficient (Wildman–Crippen LogP) is 13.1. The van der Waals surface area contributed by atoms with Crippen LogP contribution in [0.1, 0.15) is 187 Å². The van der Waals surface area contributed by atoms with Gasteiger partial charge in [0.1, 0.15) is 0 Å². The molecule has 1 heterocycles. The molecule has 2 heteroatoms. The van der Waals surface area contributed by atoms with Crippen molar-refractivity contribution in [3.63, 3.8) is 0 Å². The molecule has 0 atom stereocenters. The van der Waals surface area contributed by atoms with Crippen molar-refractivity contribution in [1.82, 2.24) is 4.90 Å². The second kappa shape index (κ2) is 31.8. The number of allylic oxidation sites excluding steroid dienone is 8. The van der Waals surface area contributed by atoms with Crippen LogP contribution in [0, 0.1) is 5.41 Å². The zero-order valence-corrected chi connectivity index (χ0v) is 29.9. The summed E-state index contributed by atoms with van der Waals surface area (Å²) in [5.41, 5.74) is 0.583. The summed E-state index contributed by atoms with van der Waals surface area (Å²) in [5, 5.41) is 9.24. The van der Waals surface area contributed by atoms with Crippen LogP contribution < -0.4 is 0 Å².